The summed E-state index contributed by atoms with van der Waals surface area (Å²) in [6.07, 6.45) is 2.20. The van der Waals surface area contributed by atoms with Gasteiger partial charge in [-0.2, -0.15) is 5.26 Å². The van der Waals surface area contributed by atoms with Gasteiger partial charge in [0.1, 0.15) is 5.75 Å². The lowest BCUT2D eigenvalue weighted by Gasteiger charge is -2.36. The van der Waals surface area contributed by atoms with Crippen molar-refractivity contribution in [3.8, 4) is 11.8 Å². The Bertz CT molecular complexity index is 864. The van der Waals surface area contributed by atoms with Crippen LogP contribution in [0.25, 0.3) is 0 Å². The zero-order chi connectivity index (χ0) is 19.8. The number of aliphatic imine (C=N–C) groups is 1. The van der Waals surface area contributed by atoms with Gasteiger partial charge in [-0.3, -0.25) is 4.99 Å². The van der Waals surface area contributed by atoms with Gasteiger partial charge < -0.3 is 20.3 Å². The van der Waals surface area contributed by atoms with Crippen molar-refractivity contribution in [2.75, 3.05) is 32.1 Å². The first-order valence-corrected chi connectivity index (χ1v) is 9.57. The summed E-state index contributed by atoms with van der Waals surface area (Å²) in [5.74, 6) is 1.68. The Labute approximate surface area is 190 Å². The molecule has 0 spiro atoms. The molecule has 3 rings (SSSR count). The zero-order valence-corrected chi connectivity index (χ0v) is 19.2. The van der Waals surface area contributed by atoms with E-state index in [-0.39, 0.29) is 24.0 Å². The number of piperidine rings is 1. The number of ether oxygens (including phenoxy) is 1. The van der Waals surface area contributed by atoms with E-state index in [0.29, 0.717) is 18.2 Å². The molecular weight excluding hydrogens is 477 g/mol. The Morgan fingerprint density at radius 3 is 2.86 bits per heavy atom. The van der Waals surface area contributed by atoms with E-state index in [1.54, 1.807) is 14.2 Å². The highest BCUT2D eigenvalue weighted by atomic mass is 127. The van der Waals surface area contributed by atoms with Crippen molar-refractivity contribution in [1.29, 1.82) is 5.26 Å². The number of para-hydroxylation sites is 2. The third-order valence-electron chi connectivity index (χ3n) is 4.93. The van der Waals surface area contributed by atoms with Crippen molar-refractivity contribution >= 4 is 35.6 Å². The predicted molar refractivity (Wildman–Crippen MR) is 128 cm³/mol. The second kappa shape index (κ2) is 11.5. The van der Waals surface area contributed by atoms with Gasteiger partial charge in [0, 0.05) is 32.7 Å². The molecule has 7 heteroatoms. The molecule has 6 nitrogen and oxygen atoms in total. The zero-order valence-electron chi connectivity index (χ0n) is 16.9. The van der Waals surface area contributed by atoms with Crippen LogP contribution in [0.3, 0.4) is 0 Å². The second-order valence-electron chi connectivity index (χ2n) is 6.84. The molecule has 2 N–H and O–H groups in total. The minimum Gasteiger partial charge on any atom is -0.495 e. The van der Waals surface area contributed by atoms with E-state index in [2.05, 4.69) is 32.7 Å². The largest absolute Gasteiger partial charge is 0.495 e. The minimum atomic E-state index is 0. The Morgan fingerprint density at radius 1 is 1.28 bits per heavy atom. The van der Waals surface area contributed by atoms with Crippen LogP contribution in [0.5, 0.6) is 5.75 Å². The van der Waals surface area contributed by atoms with Gasteiger partial charge in [-0.15, -0.1) is 24.0 Å². The average Bonchev–Trinajstić information content (AvgIpc) is 2.76. The van der Waals surface area contributed by atoms with Crippen molar-refractivity contribution < 1.29 is 4.74 Å². The van der Waals surface area contributed by atoms with E-state index in [9.17, 15) is 0 Å². The van der Waals surface area contributed by atoms with Crippen LogP contribution in [-0.4, -0.2) is 39.2 Å². The number of hydrogen-bond donors (Lipinski definition) is 2. The van der Waals surface area contributed by atoms with Crippen molar-refractivity contribution in [2.24, 2.45) is 4.99 Å². The van der Waals surface area contributed by atoms with Gasteiger partial charge in [-0.25, -0.2) is 0 Å². The van der Waals surface area contributed by atoms with Gasteiger partial charge in [0.2, 0.25) is 0 Å². The highest BCUT2D eigenvalue weighted by Gasteiger charge is 2.22. The molecule has 2 aromatic rings. The Balaban J connectivity index is 0.00000300. The molecule has 2 aromatic carbocycles. The summed E-state index contributed by atoms with van der Waals surface area (Å²) in [5, 5.41) is 15.9. The maximum absolute atomic E-state index is 9.04. The average molecular weight is 505 g/mol. The summed E-state index contributed by atoms with van der Waals surface area (Å²) >= 11 is 0. The molecule has 0 radical (unpaired) electrons. The summed E-state index contributed by atoms with van der Waals surface area (Å²) in [4.78, 5) is 6.72. The molecule has 1 heterocycles. The Hall–Kier alpha value is -2.47. The highest BCUT2D eigenvalue weighted by molar-refractivity contribution is 14.0. The van der Waals surface area contributed by atoms with Gasteiger partial charge in [-0.05, 0) is 42.7 Å². The number of nitriles is 1. The molecule has 1 fully saturated rings. The first-order valence-electron chi connectivity index (χ1n) is 9.57. The summed E-state index contributed by atoms with van der Waals surface area (Å²) < 4.78 is 5.52. The number of rotatable bonds is 5. The van der Waals surface area contributed by atoms with Crippen LogP contribution in [0.4, 0.5) is 5.69 Å². The van der Waals surface area contributed by atoms with Crippen LogP contribution in [0, 0.1) is 11.3 Å². The quantitative estimate of drug-likeness (QED) is 0.370. The second-order valence-corrected chi connectivity index (χ2v) is 6.84. The Kier molecular flexibility index (Phi) is 9.06. The van der Waals surface area contributed by atoms with Crippen LogP contribution in [0.15, 0.2) is 53.5 Å². The van der Waals surface area contributed by atoms with E-state index < -0.39 is 0 Å². The molecule has 29 heavy (non-hydrogen) atoms. The fraction of sp³-hybridized carbons (Fsp3) is 0.364. The fourth-order valence-electron chi connectivity index (χ4n) is 3.53. The molecule has 1 unspecified atom stereocenters. The maximum atomic E-state index is 9.04. The van der Waals surface area contributed by atoms with Gasteiger partial charge in [0.15, 0.2) is 5.96 Å². The van der Waals surface area contributed by atoms with E-state index in [0.717, 1.165) is 48.9 Å². The van der Waals surface area contributed by atoms with Crippen LogP contribution in [0.1, 0.15) is 24.0 Å². The third-order valence-corrected chi connectivity index (χ3v) is 4.93. The molecule has 1 aliphatic rings. The first-order chi connectivity index (χ1) is 13.7. The number of anilines is 1. The maximum Gasteiger partial charge on any atom is 0.191 e. The lowest BCUT2D eigenvalue weighted by atomic mass is 10.0. The lowest BCUT2D eigenvalue weighted by Crippen LogP contribution is -2.51. The number of nitrogens with zero attached hydrogens (tertiary/aromatic N) is 3. The minimum absolute atomic E-state index is 0. The molecule has 1 saturated heterocycles. The molecule has 154 valence electrons. The number of guanidine groups is 1. The predicted octanol–water partition coefficient (Wildman–Crippen LogP) is 3.52. The number of nitrogens with one attached hydrogen (secondary N) is 2. The van der Waals surface area contributed by atoms with Crippen molar-refractivity contribution in [2.45, 2.75) is 25.4 Å². The number of benzene rings is 2. The normalized spacial score (nSPS) is 16.4. The first kappa shape index (κ1) is 22.8. The van der Waals surface area contributed by atoms with Crippen LogP contribution in [-0.2, 0) is 6.54 Å². The fourth-order valence-corrected chi connectivity index (χ4v) is 3.53. The van der Waals surface area contributed by atoms with E-state index >= 15 is 0 Å². The van der Waals surface area contributed by atoms with Crippen molar-refractivity contribution in [1.82, 2.24) is 10.6 Å². The van der Waals surface area contributed by atoms with Gasteiger partial charge in [-0.1, -0.05) is 24.3 Å². The third kappa shape index (κ3) is 6.26. The van der Waals surface area contributed by atoms with Gasteiger partial charge in [0.05, 0.1) is 24.4 Å². The molecule has 0 aliphatic carbocycles. The SMILES string of the molecule is CN=C(NCc1cccc(C#N)c1)NC1CCCN(c2ccccc2OC)C1.I. The van der Waals surface area contributed by atoms with Crippen LogP contribution >= 0.6 is 24.0 Å². The van der Waals surface area contributed by atoms with Crippen molar-refractivity contribution in [3.63, 3.8) is 0 Å². The standard InChI is InChI=1S/C22H27N5O.HI/c1-24-22(25-15-18-8-5-7-17(13-18)14-23)26-19-9-6-12-27(16-19)20-10-3-4-11-21(20)28-2;/h3-5,7-8,10-11,13,19H,6,9,12,15-16H2,1-2H3,(H2,24,25,26);1H. The summed E-state index contributed by atoms with van der Waals surface area (Å²) in [5.41, 5.74) is 2.86. The highest BCUT2D eigenvalue weighted by Crippen LogP contribution is 2.29. The number of methoxy groups -OCH3 is 1. The van der Waals surface area contributed by atoms with E-state index in [1.165, 1.54) is 0 Å². The van der Waals surface area contributed by atoms with E-state index in [1.807, 2.05) is 42.5 Å². The number of halogens is 1. The molecule has 0 bridgehead atoms. The van der Waals surface area contributed by atoms with Crippen LogP contribution < -0.4 is 20.3 Å². The monoisotopic (exact) mass is 505 g/mol. The van der Waals surface area contributed by atoms with E-state index in [4.69, 9.17) is 10.00 Å². The summed E-state index contributed by atoms with van der Waals surface area (Å²) in [7, 11) is 3.49. The molecule has 1 aliphatic heterocycles. The molecule has 0 saturated carbocycles. The lowest BCUT2D eigenvalue weighted by molar-refractivity contribution is 0.408. The smallest absolute Gasteiger partial charge is 0.191 e. The molecule has 0 amide bonds. The molecular formula is C22H28IN5O. The summed E-state index contributed by atoms with van der Waals surface area (Å²) in [6, 6.07) is 18.2. The van der Waals surface area contributed by atoms with Gasteiger partial charge in [0.25, 0.3) is 0 Å². The number of hydrogen-bond acceptors (Lipinski definition) is 4. The van der Waals surface area contributed by atoms with Crippen molar-refractivity contribution in [3.05, 3.63) is 59.7 Å². The summed E-state index contributed by atoms with van der Waals surface area (Å²) in [6.45, 7) is 2.54. The van der Waals surface area contributed by atoms with Crippen LogP contribution in [0.2, 0.25) is 0 Å². The molecule has 0 aromatic heterocycles. The van der Waals surface area contributed by atoms with Gasteiger partial charge >= 0.3 is 0 Å². The Morgan fingerprint density at radius 2 is 2.10 bits per heavy atom. The topological polar surface area (TPSA) is 72.7 Å². The molecule has 1 atom stereocenters.